The number of aryl methyl sites for hydroxylation is 1. The van der Waals surface area contributed by atoms with Crippen LogP contribution in [0.5, 0.6) is 5.88 Å². The molecule has 2 N–H and O–H groups in total. The van der Waals surface area contributed by atoms with Crippen LogP contribution in [0.1, 0.15) is 26.1 Å². The van der Waals surface area contributed by atoms with Crippen LogP contribution in [0.3, 0.4) is 0 Å². The van der Waals surface area contributed by atoms with E-state index < -0.39 is 0 Å². The fraction of sp³-hybridized carbons (Fsp3) is 0.455. The van der Waals surface area contributed by atoms with Gasteiger partial charge < -0.3 is 10.5 Å². The molecule has 0 aromatic carbocycles. The number of anilines is 1. The van der Waals surface area contributed by atoms with Crippen molar-refractivity contribution >= 4 is 5.82 Å². The highest BCUT2D eigenvalue weighted by molar-refractivity contribution is 5.33. The van der Waals surface area contributed by atoms with E-state index in [1.807, 2.05) is 0 Å². The predicted octanol–water partition coefficient (Wildman–Crippen LogP) is 1.41. The minimum absolute atomic E-state index is 0.311. The third-order valence-corrected chi connectivity index (χ3v) is 1.77. The lowest BCUT2D eigenvalue weighted by atomic mass is 10.3. The normalized spacial score (nSPS) is 11.8. The lowest BCUT2D eigenvalue weighted by Crippen LogP contribution is -2.11. The number of hydrogen-bond donors (Lipinski definition) is 1. The van der Waals surface area contributed by atoms with E-state index in [1.54, 1.807) is 13.0 Å². The van der Waals surface area contributed by atoms with Gasteiger partial charge in [-0.25, -0.2) is 4.98 Å². The SMILES string of the molecule is C#CC(C)Oc1cc(N)nc(CCC)n1. The van der Waals surface area contributed by atoms with Gasteiger partial charge in [-0.1, -0.05) is 12.8 Å². The van der Waals surface area contributed by atoms with Crippen molar-refractivity contribution in [1.29, 1.82) is 0 Å². The Hall–Kier alpha value is -1.76. The summed E-state index contributed by atoms with van der Waals surface area (Å²) in [4.78, 5) is 8.29. The molecule has 0 aliphatic rings. The topological polar surface area (TPSA) is 61.0 Å². The smallest absolute Gasteiger partial charge is 0.219 e. The lowest BCUT2D eigenvalue weighted by molar-refractivity contribution is 0.266. The molecular weight excluding hydrogens is 190 g/mol. The van der Waals surface area contributed by atoms with Gasteiger partial charge in [0.1, 0.15) is 11.6 Å². The van der Waals surface area contributed by atoms with Crippen LogP contribution < -0.4 is 10.5 Å². The van der Waals surface area contributed by atoms with E-state index in [4.69, 9.17) is 16.9 Å². The van der Waals surface area contributed by atoms with Crippen LogP contribution in [0.15, 0.2) is 6.07 Å². The fourth-order valence-corrected chi connectivity index (χ4v) is 1.10. The second kappa shape index (κ2) is 5.20. The maximum absolute atomic E-state index is 5.62. The summed E-state index contributed by atoms with van der Waals surface area (Å²) in [5, 5.41) is 0. The molecule has 0 bridgehead atoms. The summed E-state index contributed by atoms with van der Waals surface area (Å²) < 4.78 is 5.36. The van der Waals surface area contributed by atoms with Gasteiger partial charge >= 0.3 is 0 Å². The molecule has 1 atom stereocenters. The van der Waals surface area contributed by atoms with Gasteiger partial charge in [-0.05, 0) is 13.3 Å². The molecule has 1 rings (SSSR count). The molecule has 0 amide bonds. The number of aromatic nitrogens is 2. The van der Waals surface area contributed by atoms with E-state index in [-0.39, 0.29) is 6.10 Å². The van der Waals surface area contributed by atoms with Gasteiger partial charge in [-0.2, -0.15) is 4.98 Å². The summed E-state index contributed by atoms with van der Waals surface area (Å²) >= 11 is 0. The van der Waals surface area contributed by atoms with Crippen molar-refractivity contribution < 1.29 is 4.74 Å². The van der Waals surface area contributed by atoms with E-state index in [1.165, 1.54) is 0 Å². The number of hydrogen-bond acceptors (Lipinski definition) is 4. The molecular formula is C11H15N3O. The Balaban J connectivity index is 2.84. The molecule has 0 radical (unpaired) electrons. The van der Waals surface area contributed by atoms with Gasteiger partial charge in [0.25, 0.3) is 0 Å². The maximum atomic E-state index is 5.62. The lowest BCUT2D eigenvalue weighted by Gasteiger charge is -2.09. The van der Waals surface area contributed by atoms with E-state index in [9.17, 15) is 0 Å². The standard InChI is InChI=1S/C11H15N3O/c1-4-6-10-13-9(12)7-11(14-10)15-8(3)5-2/h2,7-8H,4,6H2,1,3H3,(H2,12,13,14). The van der Waals surface area contributed by atoms with E-state index in [0.29, 0.717) is 17.5 Å². The highest BCUT2D eigenvalue weighted by Crippen LogP contribution is 2.13. The molecule has 4 heteroatoms. The molecule has 0 spiro atoms. The zero-order valence-corrected chi connectivity index (χ0v) is 9.03. The van der Waals surface area contributed by atoms with Crippen LogP contribution in [-0.4, -0.2) is 16.1 Å². The second-order valence-electron chi connectivity index (χ2n) is 3.22. The Labute approximate surface area is 89.9 Å². The van der Waals surface area contributed by atoms with Crippen molar-refractivity contribution in [2.24, 2.45) is 0 Å². The zero-order valence-electron chi connectivity index (χ0n) is 9.03. The average molecular weight is 205 g/mol. The van der Waals surface area contributed by atoms with Gasteiger partial charge in [0.15, 0.2) is 6.10 Å². The Morgan fingerprint density at radius 1 is 1.60 bits per heavy atom. The quantitative estimate of drug-likeness (QED) is 0.755. The summed E-state index contributed by atoms with van der Waals surface area (Å²) in [6, 6.07) is 1.58. The number of nitrogens with zero attached hydrogens (tertiary/aromatic N) is 2. The predicted molar refractivity (Wildman–Crippen MR) is 59.4 cm³/mol. The van der Waals surface area contributed by atoms with E-state index in [0.717, 1.165) is 12.8 Å². The molecule has 0 aliphatic heterocycles. The Kier molecular flexibility index (Phi) is 3.92. The van der Waals surface area contributed by atoms with Gasteiger partial charge in [0.05, 0.1) is 0 Å². The first-order chi connectivity index (χ1) is 7.15. The molecule has 0 saturated carbocycles. The van der Waals surface area contributed by atoms with Crippen molar-refractivity contribution in [2.45, 2.75) is 32.8 Å². The molecule has 1 aromatic heterocycles. The van der Waals surface area contributed by atoms with E-state index in [2.05, 4.69) is 22.8 Å². The van der Waals surface area contributed by atoms with Crippen molar-refractivity contribution in [3.05, 3.63) is 11.9 Å². The molecule has 1 aromatic rings. The first-order valence-corrected chi connectivity index (χ1v) is 4.92. The van der Waals surface area contributed by atoms with Crippen LogP contribution in [0.4, 0.5) is 5.82 Å². The summed E-state index contributed by atoms with van der Waals surface area (Å²) in [5.41, 5.74) is 5.62. The van der Waals surface area contributed by atoms with Gasteiger partial charge in [-0.15, -0.1) is 6.42 Å². The molecule has 0 aliphatic carbocycles. The van der Waals surface area contributed by atoms with Gasteiger partial charge in [0, 0.05) is 12.5 Å². The van der Waals surface area contributed by atoms with Crippen molar-refractivity contribution in [3.8, 4) is 18.2 Å². The number of rotatable bonds is 4. The first-order valence-electron chi connectivity index (χ1n) is 4.92. The van der Waals surface area contributed by atoms with Crippen molar-refractivity contribution in [1.82, 2.24) is 9.97 Å². The first kappa shape index (κ1) is 11.3. The molecule has 0 fully saturated rings. The molecule has 80 valence electrons. The highest BCUT2D eigenvalue weighted by Gasteiger charge is 2.05. The Morgan fingerprint density at radius 3 is 2.93 bits per heavy atom. The third-order valence-electron chi connectivity index (χ3n) is 1.77. The maximum Gasteiger partial charge on any atom is 0.219 e. The summed E-state index contributed by atoms with van der Waals surface area (Å²) in [6.45, 7) is 3.83. The van der Waals surface area contributed by atoms with Gasteiger partial charge in [-0.3, -0.25) is 0 Å². The molecule has 15 heavy (non-hydrogen) atoms. The molecule has 0 saturated heterocycles. The fourth-order valence-electron chi connectivity index (χ4n) is 1.10. The van der Waals surface area contributed by atoms with Crippen LogP contribution in [0.25, 0.3) is 0 Å². The van der Waals surface area contributed by atoms with Gasteiger partial charge in [0.2, 0.25) is 5.88 Å². The molecule has 1 heterocycles. The monoisotopic (exact) mass is 205 g/mol. The van der Waals surface area contributed by atoms with Crippen LogP contribution in [0, 0.1) is 12.3 Å². The minimum Gasteiger partial charge on any atom is -0.461 e. The molecule has 4 nitrogen and oxygen atoms in total. The Morgan fingerprint density at radius 2 is 2.33 bits per heavy atom. The van der Waals surface area contributed by atoms with Crippen molar-refractivity contribution in [2.75, 3.05) is 5.73 Å². The number of terminal acetylenes is 1. The summed E-state index contributed by atoms with van der Waals surface area (Å²) in [7, 11) is 0. The Bertz CT molecular complexity index is 371. The van der Waals surface area contributed by atoms with Crippen molar-refractivity contribution in [3.63, 3.8) is 0 Å². The van der Waals surface area contributed by atoms with Crippen LogP contribution in [-0.2, 0) is 6.42 Å². The zero-order chi connectivity index (χ0) is 11.3. The number of nitrogens with two attached hydrogens (primary N) is 1. The second-order valence-corrected chi connectivity index (χ2v) is 3.22. The average Bonchev–Trinajstić information content (AvgIpc) is 2.17. The summed E-state index contributed by atoms with van der Waals surface area (Å²) in [5.74, 6) is 4.00. The number of nitrogen functional groups attached to an aromatic ring is 1. The summed E-state index contributed by atoms with van der Waals surface area (Å²) in [6.07, 6.45) is 6.64. The van der Waals surface area contributed by atoms with E-state index >= 15 is 0 Å². The minimum atomic E-state index is -0.311. The third kappa shape index (κ3) is 3.47. The largest absolute Gasteiger partial charge is 0.461 e. The highest BCUT2D eigenvalue weighted by atomic mass is 16.5. The van der Waals surface area contributed by atoms with Crippen LogP contribution in [0.2, 0.25) is 0 Å². The molecule has 1 unspecified atom stereocenters. The number of ether oxygens (including phenoxy) is 1. The van der Waals surface area contributed by atoms with Crippen LogP contribution >= 0.6 is 0 Å².